The number of hydrogen-bond acceptors (Lipinski definition) is 3. The van der Waals surface area contributed by atoms with Crippen LogP contribution in [0.1, 0.15) is 16.1 Å². The zero-order valence-corrected chi connectivity index (χ0v) is 13.3. The molecule has 4 nitrogen and oxygen atoms in total. The minimum absolute atomic E-state index is 0.140. The summed E-state index contributed by atoms with van der Waals surface area (Å²) >= 11 is 17.8. The van der Waals surface area contributed by atoms with E-state index in [9.17, 15) is 4.79 Å². The molecule has 0 aliphatic rings. The lowest BCUT2D eigenvalue weighted by Gasteiger charge is -2.27. The van der Waals surface area contributed by atoms with E-state index < -0.39 is 15.9 Å². The van der Waals surface area contributed by atoms with Gasteiger partial charge in [0.15, 0.2) is 5.76 Å². The van der Waals surface area contributed by atoms with E-state index in [0.717, 1.165) is 11.3 Å². The van der Waals surface area contributed by atoms with Crippen molar-refractivity contribution in [3.05, 3.63) is 54.0 Å². The van der Waals surface area contributed by atoms with E-state index in [4.69, 9.17) is 39.2 Å². The van der Waals surface area contributed by atoms with Gasteiger partial charge < -0.3 is 15.1 Å². The van der Waals surface area contributed by atoms with Crippen LogP contribution >= 0.6 is 34.8 Å². The zero-order chi connectivity index (χ0) is 15.5. The maximum Gasteiger partial charge on any atom is 0.288 e. The second-order valence-electron chi connectivity index (χ2n) is 4.38. The Morgan fingerprint density at radius 3 is 2.48 bits per heavy atom. The molecule has 1 heterocycles. The van der Waals surface area contributed by atoms with Crippen LogP contribution in [0, 0.1) is 6.92 Å². The largest absolute Gasteiger partial charge is 0.459 e. The van der Waals surface area contributed by atoms with E-state index in [1.165, 1.54) is 12.3 Å². The molecule has 0 saturated carbocycles. The van der Waals surface area contributed by atoms with Crippen molar-refractivity contribution in [1.29, 1.82) is 0 Å². The summed E-state index contributed by atoms with van der Waals surface area (Å²) in [7, 11) is 0. The first-order valence-corrected chi connectivity index (χ1v) is 7.24. The SMILES string of the molecule is Cc1ccccc1NC(NC(=O)c1ccco1)C(Cl)(Cl)Cl. The third-order valence-corrected chi connectivity index (χ3v) is 3.45. The van der Waals surface area contributed by atoms with Gasteiger partial charge in [0, 0.05) is 5.69 Å². The molecule has 2 aromatic rings. The predicted molar refractivity (Wildman–Crippen MR) is 85.1 cm³/mol. The van der Waals surface area contributed by atoms with E-state index in [-0.39, 0.29) is 5.76 Å². The van der Waals surface area contributed by atoms with Crippen molar-refractivity contribution >= 4 is 46.4 Å². The molecule has 7 heteroatoms. The number of benzene rings is 1. The number of alkyl halides is 3. The number of aryl methyl sites for hydroxylation is 1. The Kier molecular flexibility index (Phi) is 5.04. The average Bonchev–Trinajstić information content (AvgIpc) is 2.93. The molecule has 1 unspecified atom stereocenters. The van der Waals surface area contributed by atoms with Gasteiger partial charge in [0.2, 0.25) is 3.79 Å². The standard InChI is InChI=1S/C14H13Cl3N2O2/c1-9-5-2-3-6-10(9)18-13(14(15,16)17)19-12(20)11-7-4-8-21-11/h2-8,13,18H,1H3,(H,19,20). The summed E-state index contributed by atoms with van der Waals surface area (Å²) in [4.78, 5) is 12.0. The van der Waals surface area contributed by atoms with Crippen molar-refractivity contribution in [2.75, 3.05) is 5.32 Å². The van der Waals surface area contributed by atoms with Crippen LogP contribution in [0.25, 0.3) is 0 Å². The Morgan fingerprint density at radius 2 is 1.90 bits per heavy atom. The number of carbonyl (C=O) groups is 1. The van der Waals surface area contributed by atoms with Crippen LogP contribution in [0.5, 0.6) is 0 Å². The van der Waals surface area contributed by atoms with Crippen molar-refractivity contribution in [3.63, 3.8) is 0 Å². The molecule has 0 aliphatic carbocycles. The number of rotatable bonds is 4. The number of hydrogen-bond donors (Lipinski definition) is 2. The second-order valence-corrected chi connectivity index (χ2v) is 6.75. The Morgan fingerprint density at radius 1 is 1.19 bits per heavy atom. The first kappa shape index (κ1) is 16.0. The maximum absolute atomic E-state index is 12.0. The van der Waals surface area contributed by atoms with Gasteiger partial charge in [0.05, 0.1) is 6.26 Å². The molecule has 112 valence electrons. The van der Waals surface area contributed by atoms with E-state index in [1.807, 2.05) is 31.2 Å². The molecule has 0 bridgehead atoms. The van der Waals surface area contributed by atoms with Crippen molar-refractivity contribution in [1.82, 2.24) is 5.32 Å². The van der Waals surface area contributed by atoms with E-state index in [1.54, 1.807) is 6.07 Å². The van der Waals surface area contributed by atoms with Crippen molar-refractivity contribution in [3.8, 4) is 0 Å². The highest BCUT2D eigenvalue weighted by Crippen LogP contribution is 2.31. The molecule has 0 spiro atoms. The molecule has 21 heavy (non-hydrogen) atoms. The summed E-state index contributed by atoms with van der Waals surface area (Å²) in [5, 5.41) is 5.61. The minimum Gasteiger partial charge on any atom is -0.459 e. The van der Waals surface area contributed by atoms with Gasteiger partial charge in [-0.2, -0.15) is 0 Å². The van der Waals surface area contributed by atoms with E-state index in [2.05, 4.69) is 10.6 Å². The van der Waals surface area contributed by atoms with Crippen LogP contribution in [-0.2, 0) is 0 Å². The van der Waals surface area contributed by atoms with Crippen LogP contribution in [0.3, 0.4) is 0 Å². The van der Waals surface area contributed by atoms with E-state index >= 15 is 0 Å². The summed E-state index contributed by atoms with van der Waals surface area (Å²) in [6, 6.07) is 10.6. The van der Waals surface area contributed by atoms with Crippen molar-refractivity contribution in [2.45, 2.75) is 16.9 Å². The number of nitrogens with one attached hydrogen (secondary N) is 2. The maximum atomic E-state index is 12.0. The van der Waals surface area contributed by atoms with E-state index in [0.29, 0.717) is 0 Å². The summed E-state index contributed by atoms with van der Waals surface area (Å²) in [6.45, 7) is 1.91. The normalized spacial score (nSPS) is 12.8. The highest BCUT2D eigenvalue weighted by atomic mass is 35.6. The lowest BCUT2D eigenvalue weighted by molar-refractivity contribution is 0.0914. The first-order valence-electron chi connectivity index (χ1n) is 6.11. The molecule has 1 aromatic heterocycles. The predicted octanol–water partition coefficient (Wildman–Crippen LogP) is 4.13. The van der Waals surface area contributed by atoms with Gasteiger partial charge in [-0.1, -0.05) is 53.0 Å². The van der Waals surface area contributed by atoms with Gasteiger partial charge in [-0.15, -0.1) is 0 Å². The van der Waals surface area contributed by atoms with Gasteiger partial charge in [-0.3, -0.25) is 4.79 Å². The summed E-state index contributed by atoms with van der Waals surface area (Å²) < 4.78 is 3.28. The number of halogens is 3. The lowest BCUT2D eigenvalue weighted by atomic mass is 10.2. The number of para-hydroxylation sites is 1. The molecule has 1 aromatic carbocycles. The molecule has 1 atom stereocenters. The van der Waals surface area contributed by atoms with Gasteiger partial charge in [-0.05, 0) is 30.7 Å². The third-order valence-electron chi connectivity index (χ3n) is 2.79. The van der Waals surface area contributed by atoms with Crippen LogP contribution in [0.15, 0.2) is 47.1 Å². The van der Waals surface area contributed by atoms with Gasteiger partial charge in [0.1, 0.15) is 6.17 Å². The summed E-state index contributed by atoms with van der Waals surface area (Å²) in [5.74, 6) is -0.335. The highest BCUT2D eigenvalue weighted by Gasteiger charge is 2.34. The Balaban J connectivity index is 2.16. The molecule has 1 amide bonds. The number of amides is 1. The number of carbonyl (C=O) groups excluding carboxylic acids is 1. The van der Waals surface area contributed by atoms with Crippen LogP contribution in [0.4, 0.5) is 5.69 Å². The third kappa shape index (κ3) is 4.30. The summed E-state index contributed by atoms with van der Waals surface area (Å²) in [6.07, 6.45) is 0.481. The molecule has 2 rings (SSSR count). The molecular formula is C14H13Cl3N2O2. The fourth-order valence-corrected chi connectivity index (χ4v) is 2.03. The van der Waals surface area contributed by atoms with Crippen molar-refractivity contribution in [2.24, 2.45) is 0 Å². The van der Waals surface area contributed by atoms with Crippen LogP contribution in [0.2, 0.25) is 0 Å². The van der Waals surface area contributed by atoms with Gasteiger partial charge >= 0.3 is 0 Å². The van der Waals surface area contributed by atoms with Crippen LogP contribution < -0.4 is 10.6 Å². The zero-order valence-electron chi connectivity index (χ0n) is 11.1. The Bertz CT molecular complexity index is 609. The average molecular weight is 348 g/mol. The number of furan rings is 1. The molecule has 0 radical (unpaired) electrons. The van der Waals surface area contributed by atoms with Crippen LogP contribution in [-0.4, -0.2) is 15.9 Å². The van der Waals surface area contributed by atoms with Gasteiger partial charge in [-0.25, -0.2) is 0 Å². The molecule has 0 saturated heterocycles. The first-order chi connectivity index (χ1) is 9.88. The smallest absolute Gasteiger partial charge is 0.288 e. The van der Waals surface area contributed by atoms with Crippen molar-refractivity contribution < 1.29 is 9.21 Å². The monoisotopic (exact) mass is 346 g/mol. The highest BCUT2D eigenvalue weighted by molar-refractivity contribution is 6.68. The fraction of sp³-hybridized carbons (Fsp3) is 0.214. The quantitative estimate of drug-likeness (QED) is 0.646. The minimum atomic E-state index is -1.73. The Hall–Kier alpha value is -1.36. The molecular weight excluding hydrogens is 335 g/mol. The molecule has 0 aliphatic heterocycles. The van der Waals surface area contributed by atoms with Gasteiger partial charge in [0.25, 0.3) is 5.91 Å². The second kappa shape index (κ2) is 6.60. The lowest BCUT2D eigenvalue weighted by Crippen LogP contribution is -2.49. The topological polar surface area (TPSA) is 54.3 Å². The summed E-state index contributed by atoms with van der Waals surface area (Å²) in [5.41, 5.74) is 1.72. The molecule has 2 N–H and O–H groups in total. The Labute approximate surface area is 137 Å². The fourth-order valence-electron chi connectivity index (χ4n) is 1.70. The number of anilines is 1. The molecule has 0 fully saturated rings.